The van der Waals surface area contributed by atoms with Crippen molar-refractivity contribution >= 4 is 12.4 Å². The van der Waals surface area contributed by atoms with Crippen LogP contribution < -0.4 is 19.9 Å². The summed E-state index contributed by atoms with van der Waals surface area (Å²) in [6, 6.07) is 12.8. The first-order valence-electron chi connectivity index (χ1n) is 8.88. The van der Waals surface area contributed by atoms with E-state index < -0.39 is 12.1 Å². The minimum absolute atomic E-state index is 0. The predicted molar refractivity (Wildman–Crippen MR) is 110 cm³/mol. The van der Waals surface area contributed by atoms with Crippen molar-refractivity contribution in [2.24, 2.45) is 11.7 Å². The second-order valence-electron chi connectivity index (χ2n) is 6.42. The first-order valence-corrected chi connectivity index (χ1v) is 8.88. The molecule has 0 saturated heterocycles. The molecule has 0 aromatic heterocycles. The smallest absolute Gasteiger partial charge is 0.164 e. The lowest BCUT2D eigenvalue weighted by Gasteiger charge is -2.26. The Hall–Kier alpha value is -1.95. The van der Waals surface area contributed by atoms with Crippen LogP contribution in [0, 0.1) is 5.92 Å². The number of benzene rings is 2. The molecule has 6 heteroatoms. The molecule has 2 aromatic rings. The van der Waals surface area contributed by atoms with Gasteiger partial charge in [0.2, 0.25) is 0 Å². The SMILES string of the molecule is CCC(C)[C@H](O)[C@H](N)c1cc(OC)c(OC)cc1OCc1ccccc1.Cl. The highest BCUT2D eigenvalue weighted by atomic mass is 35.5. The summed E-state index contributed by atoms with van der Waals surface area (Å²) >= 11 is 0. The van der Waals surface area contributed by atoms with Crippen LogP contribution in [0.3, 0.4) is 0 Å². The first kappa shape index (κ1) is 23.1. The molecule has 1 unspecified atom stereocenters. The van der Waals surface area contributed by atoms with Crippen LogP contribution in [-0.4, -0.2) is 25.4 Å². The Morgan fingerprint density at radius 1 is 1.00 bits per heavy atom. The number of aliphatic hydroxyl groups is 1. The summed E-state index contributed by atoms with van der Waals surface area (Å²) in [6.45, 7) is 4.41. The lowest BCUT2D eigenvalue weighted by Crippen LogP contribution is -2.32. The number of hydrogen-bond donors (Lipinski definition) is 2. The molecule has 0 aliphatic carbocycles. The Labute approximate surface area is 167 Å². The second kappa shape index (κ2) is 11.0. The number of hydrogen-bond acceptors (Lipinski definition) is 5. The van der Waals surface area contributed by atoms with Crippen molar-refractivity contribution in [3.63, 3.8) is 0 Å². The fourth-order valence-electron chi connectivity index (χ4n) is 2.78. The van der Waals surface area contributed by atoms with Gasteiger partial charge in [-0.25, -0.2) is 0 Å². The van der Waals surface area contributed by atoms with E-state index in [0.29, 0.717) is 29.4 Å². The summed E-state index contributed by atoms with van der Waals surface area (Å²) in [5.41, 5.74) is 8.12. The fraction of sp³-hybridized carbons (Fsp3) is 0.429. The van der Waals surface area contributed by atoms with Crippen LogP contribution in [0.5, 0.6) is 17.2 Å². The van der Waals surface area contributed by atoms with Crippen molar-refractivity contribution in [3.8, 4) is 17.2 Å². The molecule has 2 aromatic carbocycles. The largest absolute Gasteiger partial charge is 0.493 e. The number of ether oxygens (including phenoxy) is 3. The van der Waals surface area contributed by atoms with Crippen molar-refractivity contribution in [2.75, 3.05) is 14.2 Å². The summed E-state index contributed by atoms with van der Waals surface area (Å²) in [7, 11) is 3.15. The highest BCUT2D eigenvalue weighted by Gasteiger charge is 2.26. The van der Waals surface area contributed by atoms with Gasteiger partial charge in [-0.2, -0.15) is 0 Å². The van der Waals surface area contributed by atoms with E-state index in [9.17, 15) is 5.11 Å². The lowest BCUT2D eigenvalue weighted by atomic mass is 9.91. The number of nitrogens with two attached hydrogens (primary N) is 1. The van der Waals surface area contributed by atoms with Crippen molar-refractivity contribution in [3.05, 3.63) is 53.6 Å². The van der Waals surface area contributed by atoms with Gasteiger partial charge in [0.05, 0.1) is 26.4 Å². The average molecular weight is 396 g/mol. The molecule has 3 atom stereocenters. The first-order chi connectivity index (χ1) is 12.5. The lowest BCUT2D eigenvalue weighted by molar-refractivity contribution is 0.0865. The van der Waals surface area contributed by atoms with Gasteiger partial charge in [-0.3, -0.25) is 0 Å². The van der Waals surface area contributed by atoms with Gasteiger partial charge >= 0.3 is 0 Å². The van der Waals surface area contributed by atoms with E-state index in [4.69, 9.17) is 19.9 Å². The molecule has 0 aliphatic rings. The van der Waals surface area contributed by atoms with Crippen molar-refractivity contribution in [1.82, 2.24) is 0 Å². The molecule has 0 bridgehead atoms. The predicted octanol–water partition coefficient (Wildman–Crippen LogP) is 4.11. The quantitative estimate of drug-likeness (QED) is 0.668. The highest BCUT2D eigenvalue weighted by Crippen LogP contribution is 2.39. The van der Waals surface area contributed by atoms with Crippen LogP contribution in [0.2, 0.25) is 0 Å². The van der Waals surface area contributed by atoms with E-state index in [2.05, 4.69) is 0 Å². The number of rotatable bonds is 9. The maximum Gasteiger partial charge on any atom is 0.164 e. The maximum atomic E-state index is 10.6. The monoisotopic (exact) mass is 395 g/mol. The third-order valence-electron chi connectivity index (χ3n) is 4.71. The molecule has 0 radical (unpaired) electrons. The second-order valence-corrected chi connectivity index (χ2v) is 6.42. The molecule has 0 saturated carbocycles. The fourth-order valence-corrected chi connectivity index (χ4v) is 2.78. The molecule has 0 fully saturated rings. The Bertz CT molecular complexity index is 696. The highest BCUT2D eigenvalue weighted by molar-refractivity contribution is 5.85. The summed E-state index contributed by atoms with van der Waals surface area (Å²) in [6.07, 6.45) is 0.153. The Morgan fingerprint density at radius 3 is 2.15 bits per heavy atom. The molecule has 27 heavy (non-hydrogen) atoms. The standard InChI is InChI=1S/C21H29NO4.ClH/c1-5-14(2)21(23)20(22)16-11-18(24-3)19(25-4)12-17(16)26-13-15-9-7-6-8-10-15;/h6-12,14,20-21,23H,5,13,22H2,1-4H3;1H/t14?,20-,21+;/m1./s1. The topological polar surface area (TPSA) is 73.9 Å². The maximum absolute atomic E-state index is 10.6. The van der Waals surface area contributed by atoms with Crippen molar-refractivity contribution in [1.29, 1.82) is 0 Å². The van der Waals surface area contributed by atoms with Gasteiger partial charge in [0.25, 0.3) is 0 Å². The van der Waals surface area contributed by atoms with E-state index in [1.807, 2.05) is 44.2 Å². The van der Waals surface area contributed by atoms with Crippen LogP contribution in [0.4, 0.5) is 0 Å². The van der Waals surface area contributed by atoms with Gasteiger partial charge in [0.15, 0.2) is 11.5 Å². The van der Waals surface area contributed by atoms with E-state index in [1.165, 1.54) is 0 Å². The van der Waals surface area contributed by atoms with Crippen LogP contribution in [-0.2, 0) is 6.61 Å². The minimum Gasteiger partial charge on any atom is -0.493 e. The van der Waals surface area contributed by atoms with Gasteiger partial charge < -0.3 is 25.1 Å². The number of aliphatic hydroxyl groups excluding tert-OH is 1. The van der Waals surface area contributed by atoms with Crippen LogP contribution in [0.15, 0.2) is 42.5 Å². The normalized spacial score (nSPS) is 13.9. The van der Waals surface area contributed by atoms with Crippen molar-refractivity contribution in [2.45, 2.75) is 39.0 Å². The van der Waals surface area contributed by atoms with E-state index >= 15 is 0 Å². The molecule has 0 amide bonds. The third kappa shape index (κ3) is 5.76. The van der Waals surface area contributed by atoms with Gasteiger partial charge in [0, 0.05) is 11.6 Å². The average Bonchev–Trinajstić information content (AvgIpc) is 2.70. The van der Waals surface area contributed by atoms with E-state index in [-0.39, 0.29) is 18.3 Å². The molecule has 2 rings (SSSR count). The summed E-state index contributed by atoms with van der Waals surface area (Å²) in [5, 5.41) is 10.6. The van der Waals surface area contributed by atoms with E-state index in [0.717, 1.165) is 12.0 Å². The zero-order valence-corrected chi connectivity index (χ0v) is 17.2. The van der Waals surface area contributed by atoms with E-state index in [1.54, 1.807) is 26.4 Å². The van der Waals surface area contributed by atoms with Crippen LogP contribution >= 0.6 is 12.4 Å². The number of methoxy groups -OCH3 is 2. The summed E-state index contributed by atoms with van der Waals surface area (Å²) in [4.78, 5) is 0. The summed E-state index contributed by atoms with van der Waals surface area (Å²) < 4.78 is 16.8. The molecular weight excluding hydrogens is 366 g/mol. The molecule has 0 heterocycles. The zero-order chi connectivity index (χ0) is 19.1. The minimum atomic E-state index is -0.683. The molecule has 3 N–H and O–H groups in total. The Balaban J connectivity index is 0.00000364. The molecule has 150 valence electrons. The van der Waals surface area contributed by atoms with Crippen molar-refractivity contribution < 1.29 is 19.3 Å². The molecular formula is C21H30ClNO4. The molecule has 5 nitrogen and oxygen atoms in total. The van der Waals surface area contributed by atoms with Crippen LogP contribution in [0.25, 0.3) is 0 Å². The van der Waals surface area contributed by atoms with Gasteiger partial charge in [-0.15, -0.1) is 12.4 Å². The van der Waals surface area contributed by atoms with Gasteiger partial charge in [-0.1, -0.05) is 50.6 Å². The van der Waals surface area contributed by atoms with Crippen LogP contribution in [0.1, 0.15) is 37.4 Å². The molecule has 0 aliphatic heterocycles. The number of halogens is 1. The zero-order valence-electron chi connectivity index (χ0n) is 16.3. The summed E-state index contributed by atoms with van der Waals surface area (Å²) in [5.74, 6) is 1.77. The molecule has 0 spiro atoms. The van der Waals surface area contributed by atoms with Gasteiger partial charge in [-0.05, 0) is 17.5 Å². The van der Waals surface area contributed by atoms with Gasteiger partial charge in [0.1, 0.15) is 12.4 Å². The Kier molecular flexibility index (Phi) is 9.43. The third-order valence-corrected chi connectivity index (χ3v) is 4.71. The Morgan fingerprint density at radius 2 is 1.59 bits per heavy atom.